The normalized spacial score (nSPS) is 12.0. The Bertz CT molecular complexity index is 544. The fraction of sp³-hybridized carbons (Fsp3) is 0.947. The minimum absolute atomic E-state index is 0.0853. The third-order valence-electron chi connectivity index (χ3n) is 8.30. The van der Waals surface area contributed by atoms with Crippen LogP contribution in [0.4, 0.5) is 0 Å². The van der Waals surface area contributed by atoms with Crippen LogP contribution in [0.15, 0.2) is 0 Å². The Kier molecular flexibility index (Phi) is 46.8. The number of carbonyl (C=O) groups is 2. The predicted octanol–water partition coefficient (Wildman–Crippen LogP) is 9.51. The van der Waals surface area contributed by atoms with Crippen LogP contribution in [-0.2, 0) is 9.59 Å². The van der Waals surface area contributed by atoms with Crippen LogP contribution in [0.3, 0.4) is 0 Å². The van der Waals surface area contributed by atoms with Crippen LogP contribution in [-0.4, -0.2) is 57.7 Å². The molecule has 0 aromatic heterocycles. The number of hydrogen-bond acceptors (Lipinski definition) is 6. The van der Waals surface area contributed by atoms with E-state index in [2.05, 4.69) is 13.8 Å². The van der Waals surface area contributed by atoms with E-state index in [1.54, 1.807) is 0 Å². The first kappa shape index (κ1) is 49.2. The number of aliphatic hydroxyl groups excluding tert-OH is 2. The maximum Gasteiger partial charge on any atom is 0.303 e. The van der Waals surface area contributed by atoms with Gasteiger partial charge in [-0.15, -0.1) is 0 Å². The van der Waals surface area contributed by atoms with Crippen LogP contribution < -0.4 is 11.5 Å². The minimum Gasteiger partial charge on any atom is -0.481 e. The number of nitrogens with two attached hydrogens (primary N) is 2. The molecule has 0 rings (SSSR count). The van der Waals surface area contributed by atoms with Crippen LogP contribution >= 0.6 is 0 Å². The summed E-state index contributed by atoms with van der Waals surface area (Å²) in [7, 11) is 0. The standard InChI is InChI=1S/2C18H36O3.C2H8N2/c2*1-2-3-4-11-14-17(19)15-12-9-7-5-6-8-10-13-16-18(20)21;3-1-2-4/h2*17,19H,2-16H2,1H3,(H,20,21);1-4H2. The molecule has 0 aliphatic rings. The van der Waals surface area contributed by atoms with Crippen molar-refractivity contribution < 1.29 is 30.0 Å². The van der Waals surface area contributed by atoms with Crippen molar-refractivity contribution in [3.63, 3.8) is 0 Å². The lowest BCUT2D eigenvalue weighted by molar-refractivity contribution is -0.138. The van der Waals surface area contributed by atoms with E-state index in [1.165, 1.54) is 103 Å². The van der Waals surface area contributed by atoms with Crippen molar-refractivity contribution in [2.45, 2.75) is 219 Å². The Balaban J connectivity index is -0.000000719. The molecule has 0 saturated heterocycles. The maximum atomic E-state index is 10.3. The van der Waals surface area contributed by atoms with E-state index < -0.39 is 11.9 Å². The summed E-state index contributed by atoms with van der Waals surface area (Å²) in [6, 6.07) is 0. The monoisotopic (exact) mass is 661 g/mol. The van der Waals surface area contributed by atoms with Gasteiger partial charge in [0.25, 0.3) is 0 Å². The van der Waals surface area contributed by atoms with Gasteiger partial charge in [0.15, 0.2) is 0 Å². The summed E-state index contributed by atoms with van der Waals surface area (Å²) >= 11 is 0. The fourth-order valence-corrected chi connectivity index (χ4v) is 5.34. The van der Waals surface area contributed by atoms with Crippen LogP contribution in [0.5, 0.6) is 0 Å². The molecule has 0 radical (unpaired) electrons. The first-order valence-corrected chi connectivity index (χ1v) is 19.4. The summed E-state index contributed by atoms with van der Waals surface area (Å²) < 4.78 is 0. The highest BCUT2D eigenvalue weighted by atomic mass is 16.4. The summed E-state index contributed by atoms with van der Waals surface area (Å²) in [6.45, 7) is 5.62. The lowest BCUT2D eigenvalue weighted by Gasteiger charge is -2.10. The molecule has 0 amide bonds. The minimum atomic E-state index is -0.678. The quantitative estimate of drug-likeness (QED) is 0.0378. The molecule has 0 aromatic rings. The Morgan fingerprint density at radius 3 is 0.848 bits per heavy atom. The van der Waals surface area contributed by atoms with Gasteiger partial charge in [-0.25, -0.2) is 0 Å². The molecular weight excluding hydrogens is 580 g/mol. The molecule has 0 spiro atoms. The average molecular weight is 661 g/mol. The molecular formula is C38H80N2O6. The average Bonchev–Trinajstić information content (AvgIpc) is 3.03. The van der Waals surface area contributed by atoms with Gasteiger partial charge in [0.2, 0.25) is 0 Å². The highest BCUT2D eigenvalue weighted by molar-refractivity contribution is 5.66. The Morgan fingerprint density at radius 1 is 0.413 bits per heavy atom. The van der Waals surface area contributed by atoms with Crippen molar-refractivity contribution in [3.05, 3.63) is 0 Å². The summed E-state index contributed by atoms with van der Waals surface area (Å²) in [5.41, 5.74) is 9.81. The summed E-state index contributed by atoms with van der Waals surface area (Å²) in [5, 5.41) is 36.7. The molecule has 2 atom stereocenters. The van der Waals surface area contributed by atoms with Gasteiger partial charge in [-0.3, -0.25) is 9.59 Å². The van der Waals surface area contributed by atoms with E-state index in [-0.39, 0.29) is 12.2 Å². The third-order valence-corrected chi connectivity index (χ3v) is 8.30. The van der Waals surface area contributed by atoms with Crippen molar-refractivity contribution in [1.82, 2.24) is 0 Å². The van der Waals surface area contributed by atoms with Crippen LogP contribution in [0.2, 0.25) is 0 Å². The van der Waals surface area contributed by atoms with Crippen molar-refractivity contribution in [2.24, 2.45) is 11.5 Å². The fourth-order valence-electron chi connectivity index (χ4n) is 5.34. The van der Waals surface area contributed by atoms with Crippen LogP contribution in [0.25, 0.3) is 0 Å². The molecule has 8 nitrogen and oxygen atoms in total. The third kappa shape index (κ3) is 52.3. The molecule has 0 aliphatic heterocycles. The van der Waals surface area contributed by atoms with Crippen LogP contribution in [0.1, 0.15) is 206 Å². The first-order chi connectivity index (χ1) is 22.2. The van der Waals surface area contributed by atoms with E-state index in [9.17, 15) is 19.8 Å². The lowest BCUT2D eigenvalue weighted by Crippen LogP contribution is -2.11. The molecule has 278 valence electrons. The molecule has 8 N–H and O–H groups in total. The van der Waals surface area contributed by atoms with Gasteiger partial charge in [0.05, 0.1) is 12.2 Å². The molecule has 0 aliphatic carbocycles. The molecule has 0 fully saturated rings. The molecule has 8 heteroatoms. The number of hydrogen-bond donors (Lipinski definition) is 6. The van der Waals surface area contributed by atoms with E-state index in [4.69, 9.17) is 21.7 Å². The summed E-state index contributed by atoms with van der Waals surface area (Å²) in [6.07, 6.45) is 32.5. The number of carboxylic acids is 2. The van der Waals surface area contributed by atoms with Crippen molar-refractivity contribution >= 4 is 11.9 Å². The zero-order chi connectivity index (χ0) is 34.9. The Hall–Kier alpha value is -1.22. The van der Waals surface area contributed by atoms with Crippen molar-refractivity contribution in [2.75, 3.05) is 13.1 Å². The molecule has 46 heavy (non-hydrogen) atoms. The molecule has 0 heterocycles. The van der Waals surface area contributed by atoms with E-state index in [0.717, 1.165) is 77.0 Å². The Morgan fingerprint density at radius 2 is 0.630 bits per heavy atom. The van der Waals surface area contributed by atoms with Gasteiger partial charge in [-0.1, -0.05) is 155 Å². The largest absolute Gasteiger partial charge is 0.481 e. The summed E-state index contributed by atoms with van der Waals surface area (Å²) in [4.78, 5) is 20.7. The second-order valence-corrected chi connectivity index (χ2v) is 13.1. The molecule has 2 unspecified atom stereocenters. The number of aliphatic hydroxyl groups is 2. The highest BCUT2D eigenvalue weighted by Gasteiger charge is 2.05. The van der Waals surface area contributed by atoms with E-state index in [1.807, 2.05) is 0 Å². The van der Waals surface area contributed by atoms with Gasteiger partial charge >= 0.3 is 11.9 Å². The SMILES string of the molecule is CCCCCCC(O)CCCCCCCCCCC(=O)O.CCCCCCC(O)CCCCCCCCCCC(=O)O.NCCN. The zero-order valence-electron chi connectivity index (χ0n) is 30.5. The van der Waals surface area contributed by atoms with Crippen LogP contribution in [0, 0.1) is 0 Å². The molecule has 0 bridgehead atoms. The second kappa shape index (κ2) is 43.8. The van der Waals surface area contributed by atoms with Gasteiger partial charge in [-0.2, -0.15) is 0 Å². The lowest BCUT2D eigenvalue weighted by atomic mass is 10.0. The number of unbranched alkanes of at least 4 members (excludes halogenated alkanes) is 20. The number of aliphatic carboxylic acids is 2. The number of rotatable bonds is 33. The zero-order valence-corrected chi connectivity index (χ0v) is 30.5. The van der Waals surface area contributed by atoms with Gasteiger partial charge in [0.1, 0.15) is 0 Å². The van der Waals surface area contributed by atoms with Crippen molar-refractivity contribution in [1.29, 1.82) is 0 Å². The summed E-state index contributed by atoms with van der Waals surface area (Å²) in [5.74, 6) is -1.36. The van der Waals surface area contributed by atoms with Gasteiger partial charge in [0, 0.05) is 25.9 Å². The predicted molar refractivity (Wildman–Crippen MR) is 195 cm³/mol. The van der Waals surface area contributed by atoms with Crippen molar-refractivity contribution in [3.8, 4) is 0 Å². The second-order valence-electron chi connectivity index (χ2n) is 13.1. The topological polar surface area (TPSA) is 167 Å². The first-order valence-electron chi connectivity index (χ1n) is 19.4. The number of carboxylic acid groups (broad SMARTS) is 2. The maximum absolute atomic E-state index is 10.3. The van der Waals surface area contributed by atoms with E-state index in [0.29, 0.717) is 25.9 Å². The molecule has 0 saturated carbocycles. The van der Waals surface area contributed by atoms with Gasteiger partial charge in [-0.05, 0) is 38.5 Å². The van der Waals surface area contributed by atoms with Gasteiger partial charge < -0.3 is 31.9 Å². The molecule has 0 aromatic carbocycles. The Labute approximate surface area is 284 Å². The van der Waals surface area contributed by atoms with E-state index >= 15 is 0 Å². The highest BCUT2D eigenvalue weighted by Crippen LogP contribution is 2.15. The smallest absolute Gasteiger partial charge is 0.303 e.